The summed E-state index contributed by atoms with van der Waals surface area (Å²) in [6.45, 7) is 0. The van der Waals surface area contributed by atoms with E-state index in [0.717, 1.165) is 52.2 Å². The van der Waals surface area contributed by atoms with Crippen molar-refractivity contribution >= 4 is 23.2 Å². The Morgan fingerprint density at radius 1 is 1.06 bits per heavy atom. The van der Waals surface area contributed by atoms with E-state index in [1.807, 2.05) is 42.5 Å². The third kappa shape index (κ3) is 4.44. The quantitative estimate of drug-likeness (QED) is 0.429. The minimum absolute atomic E-state index is 0.110. The van der Waals surface area contributed by atoms with E-state index in [9.17, 15) is 0 Å². The fraction of sp³-hybridized carbons (Fsp3) is 0.370. The van der Waals surface area contributed by atoms with E-state index in [-0.39, 0.29) is 11.6 Å². The Kier molecular flexibility index (Phi) is 6.26. The number of aromatic nitrogens is 1. The Morgan fingerprint density at radius 3 is 2.61 bits per heavy atom. The van der Waals surface area contributed by atoms with Crippen molar-refractivity contribution in [1.82, 2.24) is 4.98 Å². The van der Waals surface area contributed by atoms with Crippen LogP contribution < -0.4 is 15.2 Å². The number of nitrogens with two attached hydrogens (primary N) is 1. The SMILES string of the molecule is COc1cc(-c2cc3c(nc2Cc2ccccc2Cl)OC2(CCCCC2)CC3N)ccc1Cl. The van der Waals surface area contributed by atoms with Crippen molar-refractivity contribution in [2.45, 2.75) is 56.6 Å². The van der Waals surface area contributed by atoms with Gasteiger partial charge < -0.3 is 15.2 Å². The lowest BCUT2D eigenvalue weighted by atomic mass is 9.77. The van der Waals surface area contributed by atoms with Gasteiger partial charge in [-0.15, -0.1) is 0 Å². The number of hydrogen-bond acceptors (Lipinski definition) is 4. The predicted octanol–water partition coefficient (Wildman–Crippen LogP) is 7.14. The van der Waals surface area contributed by atoms with Gasteiger partial charge in [0.25, 0.3) is 0 Å². The minimum atomic E-state index is -0.190. The maximum atomic E-state index is 6.72. The zero-order chi connectivity index (χ0) is 23.0. The van der Waals surface area contributed by atoms with Crippen molar-refractivity contribution in [1.29, 1.82) is 0 Å². The van der Waals surface area contributed by atoms with Crippen LogP contribution >= 0.6 is 23.2 Å². The van der Waals surface area contributed by atoms with Crippen LogP contribution in [0.15, 0.2) is 48.5 Å². The molecule has 2 aromatic carbocycles. The summed E-state index contributed by atoms with van der Waals surface area (Å²) in [6.07, 6.45) is 7.10. The summed E-state index contributed by atoms with van der Waals surface area (Å²) in [4.78, 5) is 5.07. The van der Waals surface area contributed by atoms with Gasteiger partial charge in [-0.3, -0.25) is 0 Å². The van der Waals surface area contributed by atoms with Gasteiger partial charge in [-0.25, -0.2) is 4.98 Å². The predicted molar refractivity (Wildman–Crippen MR) is 133 cm³/mol. The Hall–Kier alpha value is -2.27. The van der Waals surface area contributed by atoms with Crippen LogP contribution in [0.5, 0.6) is 11.6 Å². The molecule has 33 heavy (non-hydrogen) atoms. The maximum absolute atomic E-state index is 6.72. The van der Waals surface area contributed by atoms with Crippen molar-refractivity contribution in [2.24, 2.45) is 5.73 Å². The van der Waals surface area contributed by atoms with E-state index in [1.165, 1.54) is 19.3 Å². The van der Waals surface area contributed by atoms with Gasteiger partial charge in [0.1, 0.15) is 11.4 Å². The van der Waals surface area contributed by atoms with Gasteiger partial charge in [0, 0.05) is 35.0 Å². The number of pyridine rings is 1. The van der Waals surface area contributed by atoms with Crippen LogP contribution in [0.1, 0.15) is 61.4 Å². The van der Waals surface area contributed by atoms with E-state index < -0.39 is 0 Å². The van der Waals surface area contributed by atoms with Crippen LogP contribution in [-0.4, -0.2) is 17.7 Å². The highest BCUT2D eigenvalue weighted by Gasteiger charge is 2.41. The number of methoxy groups -OCH3 is 1. The van der Waals surface area contributed by atoms with Crippen LogP contribution in [0.25, 0.3) is 11.1 Å². The van der Waals surface area contributed by atoms with E-state index in [1.54, 1.807) is 7.11 Å². The van der Waals surface area contributed by atoms with E-state index in [4.69, 9.17) is 43.4 Å². The smallest absolute Gasteiger partial charge is 0.218 e. The first-order valence-corrected chi connectivity index (χ1v) is 12.3. The zero-order valence-corrected chi connectivity index (χ0v) is 20.3. The summed E-state index contributed by atoms with van der Waals surface area (Å²) in [6, 6.07) is 15.7. The molecule has 4 nitrogen and oxygen atoms in total. The molecule has 0 radical (unpaired) electrons. The van der Waals surface area contributed by atoms with Crippen molar-refractivity contribution in [3.05, 3.63) is 75.4 Å². The van der Waals surface area contributed by atoms with E-state index in [0.29, 0.717) is 23.1 Å². The van der Waals surface area contributed by atoms with Gasteiger partial charge in [0.15, 0.2) is 0 Å². The average molecular weight is 483 g/mol. The first-order valence-electron chi connectivity index (χ1n) is 11.5. The zero-order valence-electron chi connectivity index (χ0n) is 18.7. The summed E-state index contributed by atoms with van der Waals surface area (Å²) < 4.78 is 12.1. The topological polar surface area (TPSA) is 57.4 Å². The number of hydrogen-bond donors (Lipinski definition) is 1. The Balaban J connectivity index is 1.63. The highest BCUT2D eigenvalue weighted by molar-refractivity contribution is 6.32. The van der Waals surface area contributed by atoms with Crippen LogP contribution in [-0.2, 0) is 6.42 Å². The molecule has 2 heterocycles. The third-order valence-electron chi connectivity index (χ3n) is 6.94. The first-order chi connectivity index (χ1) is 16.0. The summed E-state index contributed by atoms with van der Waals surface area (Å²) in [5.74, 6) is 1.29. The van der Waals surface area contributed by atoms with Crippen molar-refractivity contribution < 1.29 is 9.47 Å². The van der Waals surface area contributed by atoms with Crippen LogP contribution in [0, 0.1) is 0 Å². The standard InChI is InChI=1S/C27H28Cl2N2O2/c1-32-25-14-17(9-10-22(25)29)19-15-20-23(30)16-27(11-5-2-6-12-27)33-26(20)31-24(19)13-18-7-3-4-8-21(18)28/h3-4,7-10,14-15,23H,2,5-6,11-13,16,30H2,1H3. The second-order valence-electron chi connectivity index (χ2n) is 9.15. The lowest BCUT2D eigenvalue weighted by Gasteiger charge is -2.43. The molecule has 3 aromatic rings. The lowest BCUT2D eigenvalue weighted by Crippen LogP contribution is -2.44. The molecule has 1 atom stereocenters. The number of ether oxygens (including phenoxy) is 2. The molecule has 1 spiro atoms. The van der Waals surface area contributed by atoms with E-state index >= 15 is 0 Å². The molecule has 0 amide bonds. The fourth-order valence-corrected chi connectivity index (χ4v) is 5.59. The maximum Gasteiger partial charge on any atom is 0.218 e. The normalized spacial score (nSPS) is 19.1. The summed E-state index contributed by atoms with van der Waals surface area (Å²) >= 11 is 12.8. The minimum Gasteiger partial charge on any atom is -0.495 e. The number of benzene rings is 2. The van der Waals surface area contributed by atoms with Crippen LogP contribution in [0.2, 0.25) is 10.0 Å². The molecule has 1 fully saturated rings. The third-order valence-corrected chi connectivity index (χ3v) is 7.62. The molecule has 5 rings (SSSR count). The Bertz CT molecular complexity index is 1170. The second-order valence-corrected chi connectivity index (χ2v) is 9.97. The van der Waals surface area contributed by atoms with Crippen molar-refractivity contribution in [2.75, 3.05) is 7.11 Å². The molecule has 0 bridgehead atoms. The number of halogens is 2. The molecule has 1 aliphatic carbocycles. The second kappa shape index (κ2) is 9.17. The van der Waals surface area contributed by atoms with Gasteiger partial charge in [-0.1, -0.05) is 53.9 Å². The molecule has 1 aliphatic heterocycles. The molecular formula is C27H28Cl2N2O2. The van der Waals surface area contributed by atoms with Gasteiger partial charge in [-0.2, -0.15) is 0 Å². The molecule has 1 saturated carbocycles. The molecule has 2 aliphatic rings. The van der Waals surface area contributed by atoms with Gasteiger partial charge >= 0.3 is 0 Å². The molecule has 1 aromatic heterocycles. The summed E-state index contributed by atoms with van der Waals surface area (Å²) in [5, 5.41) is 1.29. The summed E-state index contributed by atoms with van der Waals surface area (Å²) in [7, 11) is 1.62. The average Bonchev–Trinajstić information content (AvgIpc) is 2.81. The van der Waals surface area contributed by atoms with Crippen molar-refractivity contribution in [3.63, 3.8) is 0 Å². The largest absolute Gasteiger partial charge is 0.495 e. The Morgan fingerprint density at radius 2 is 1.85 bits per heavy atom. The van der Waals surface area contributed by atoms with Crippen LogP contribution in [0.4, 0.5) is 0 Å². The van der Waals surface area contributed by atoms with Gasteiger partial charge in [-0.05, 0) is 61.1 Å². The highest BCUT2D eigenvalue weighted by atomic mass is 35.5. The molecule has 2 N–H and O–H groups in total. The van der Waals surface area contributed by atoms with Gasteiger partial charge in [0.2, 0.25) is 5.88 Å². The summed E-state index contributed by atoms with van der Waals surface area (Å²) in [5.41, 5.74) is 11.4. The van der Waals surface area contributed by atoms with Crippen molar-refractivity contribution in [3.8, 4) is 22.8 Å². The number of rotatable bonds is 4. The monoisotopic (exact) mass is 482 g/mol. The molecule has 172 valence electrons. The number of fused-ring (bicyclic) bond motifs is 1. The lowest BCUT2D eigenvalue weighted by molar-refractivity contribution is -0.00264. The van der Waals surface area contributed by atoms with Crippen LogP contribution in [0.3, 0.4) is 0 Å². The molecule has 0 saturated heterocycles. The fourth-order valence-electron chi connectivity index (χ4n) is 5.19. The Labute approximate surface area is 205 Å². The first kappa shape index (κ1) is 22.5. The van der Waals surface area contributed by atoms with Gasteiger partial charge in [0.05, 0.1) is 17.8 Å². The van der Waals surface area contributed by atoms with E-state index in [2.05, 4.69) is 6.07 Å². The highest BCUT2D eigenvalue weighted by Crippen LogP contribution is 2.46. The molecule has 6 heteroatoms. The molecular weight excluding hydrogens is 455 g/mol. The molecule has 1 unspecified atom stereocenters. The number of nitrogens with zero attached hydrogens (tertiary/aromatic N) is 1.